The molecule has 2 fully saturated rings. The number of aliphatic hydroxyl groups is 1. The molecular weight excluding hydrogens is 322 g/mol. The fourth-order valence-corrected chi connectivity index (χ4v) is 3.32. The van der Waals surface area contributed by atoms with Crippen molar-refractivity contribution in [2.24, 2.45) is 0 Å². The Kier molecular flexibility index (Phi) is 4.51. The summed E-state index contributed by atoms with van der Waals surface area (Å²) in [5.74, 6) is -0.425. The fraction of sp³-hybridized carbons (Fsp3) is 0.500. The lowest BCUT2D eigenvalue weighted by atomic mass is 9.74. The lowest BCUT2D eigenvalue weighted by Gasteiger charge is -2.39. The van der Waals surface area contributed by atoms with Crippen LogP contribution in [0.15, 0.2) is 24.3 Å². The zero-order valence-corrected chi connectivity index (χ0v) is 14.4. The maximum atomic E-state index is 12.4. The lowest BCUT2D eigenvalue weighted by molar-refractivity contribution is -0.140. The van der Waals surface area contributed by atoms with Crippen LogP contribution in [0.5, 0.6) is 0 Å². The Morgan fingerprint density at radius 3 is 2.56 bits per heavy atom. The van der Waals surface area contributed by atoms with Crippen LogP contribution in [0, 0.1) is 0 Å². The summed E-state index contributed by atoms with van der Waals surface area (Å²) in [4.78, 5) is 37.4. The molecule has 3 N–H and O–H groups in total. The first-order valence-electron chi connectivity index (χ1n) is 8.56. The number of hydrogen-bond acceptors (Lipinski definition) is 4. The largest absolute Gasteiger partial charge is 0.393 e. The number of carbonyl (C=O) groups is 3. The Morgan fingerprint density at radius 2 is 2.00 bits per heavy atom. The maximum Gasteiger partial charge on any atom is 0.325 e. The van der Waals surface area contributed by atoms with Gasteiger partial charge in [0.15, 0.2) is 0 Å². The van der Waals surface area contributed by atoms with Gasteiger partial charge in [-0.1, -0.05) is 26.0 Å². The highest BCUT2D eigenvalue weighted by Gasteiger charge is 2.58. The van der Waals surface area contributed by atoms with Crippen LogP contribution in [0.2, 0.25) is 0 Å². The second kappa shape index (κ2) is 6.48. The van der Waals surface area contributed by atoms with Crippen molar-refractivity contribution >= 4 is 23.5 Å². The Labute approximate surface area is 146 Å². The van der Waals surface area contributed by atoms with Crippen LogP contribution in [0.3, 0.4) is 0 Å². The summed E-state index contributed by atoms with van der Waals surface area (Å²) in [5, 5.41) is 14.7. The van der Waals surface area contributed by atoms with Gasteiger partial charge in [-0.3, -0.25) is 14.5 Å². The minimum absolute atomic E-state index is 0.201. The number of aliphatic hydroxyl groups excluding tert-OH is 1. The van der Waals surface area contributed by atoms with Crippen molar-refractivity contribution in [3.05, 3.63) is 29.8 Å². The van der Waals surface area contributed by atoms with Crippen LogP contribution in [-0.4, -0.2) is 46.0 Å². The highest BCUT2D eigenvalue weighted by atomic mass is 16.3. The molecule has 25 heavy (non-hydrogen) atoms. The van der Waals surface area contributed by atoms with E-state index in [1.165, 1.54) is 5.56 Å². The van der Waals surface area contributed by atoms with Gasteiger partial charge in [-0.25, -0.2) is 4.79 Å². The Balaban J connectivity index is 1.59. The zero-order chi connectivity index (χ0) is 18.2. The number of nitrogens with one attached hydrogen (secondary N) is 2. The van der Waals surface area contributed by atoms with Crippen LogP contribution in [0.4, 0.5) is 10.5 Å². The van der Waals surface area contributed by atoms with Gasteiger partial charge in [0, 0.05) is 18.5 Å². The molecule has 2 aliphatic rings. The van der Waals surface area contributed by atoms with E-state index in [-0.39, 0.29) is 19.4 Å². The second-order valence-corrected chi connectivity index (χ2v) is 6.95. The fourth-order valence-electron chi connectivity index (χ4n) is 3.32. The Bertz CT molecular complexity index is 695. The van der Waals surface area contributed by atoms with E-state index in [1.54, 1.807) is 0 Å². The molecule has 0 bridgehead atoms. The van der Waals surface area contributed by atoms with Crippen LogP contribution in [0.1, 0.15) is 44.6 Å². The van der Waals surface area contributed by atoms with Gasteiger partial charge >= 0.3 is 6.03 Å². The highest BCUT2D eigenvalue weighted by Crippen LogP contribution is 2.37. The van der Waals surface area contributed by atoms with Gasteiger partial charge in [0.1, 0.15) is 12.1 Å². The van der Waals surface area contributed by atoms with Gasteiger partial charge in [-0.05, 0) is 30.0 Å². The van der Waals surface area contributed by atoms with Gasteiger partial charge in [0.25, 0.3) is 5.91 Å². The van der Waals surface area contributed by atoms with Crippen molar-refractivity contribution in [2.45, 2.75) is 50.7 Å². The number of nitrogens with zero attached hydrogens (tertiary/aromatic N) is 1. The summed E-state index contributed by atoms with van der Waals surface area (Å²) in [6.07, 6.45) is 0.857. The van der Waals surface area contributed by atoms with E-state index in [0.29, 0.717) is 11.6 Å². The molecule has 1 spiro atoms. The summed E-state index contributed by atoms with van der Waals surface area (Å²) in [7, 11) is 0. The molecule has 0 aromatic heterocycles. The molecule has 1 aliphatic carbocycles. The van der Waals surface area contributed by atoms with Gasteiger partial charge in [0.05, 0.1) is 6.10 Å². The number of carbonyl (C=O) groups excluding carboxylic acids is 3. The molecule has 7 nitrogen and oxygen atoms in total. The van der Waals surface area contributed by atoms with Crippen LogP contribution < -0.4 is 10.6 Å². The monoisotopic (exact) mass is 345 g/mol. The molecule has 1 aliphatic heterocycles. The maximum absolute atomic E-state index is 12.4. The molecule has 1 saturated carbocycles. The van der Waals surface area contributed by atoms with E-state index in [4.69, 9.17) is 0 Å². The number of anilines is 1. The average Bonchev–Trinajstić information content (AvgIpc) is 2.79. The van der Waals surface area contributed by atoms with E-state index in [9.17, 15) is 19.5 Å². The van der Waals surface area contributed by atoms with E-state index < -0.39 is 29.5 Å². The molecule has 1 unspecified atom stereocenters. The summed E-state index contributed by atoms with van der Waals surface area (Å²) in [6, 6.07) is 6.97. The third-order valence-corrected chi connectivity index (χ3v) is 5.09. The number of hydrogen-bond donors (Lipinski definition) is 3. The highest BCUT2D eigenvalue weighted by molar-refractivity contribution is 6.10. The van der Waals surface area contributed by atoms with E-state index in [2.05, 4.69) is 24.5 Å². The topological polar surface area (TPSA) is 98.7 Å². The molecule has 7 heteroatoms. The smallest absolute Gasteiger partial charge is 0.325 e. The number of amides is 4. The number of benzene rings is 1. The Morgan fingerprint density at radius 1 is 1.36 bits per heavy atom. The molecule has 1 atom stereocenters. The first-order chi connectivity index (χ1) is 11.8. The van der Waals surface area contributed by atoms with Crippen LogP contribution in [0.25, 0.3) is 0 Å². The molecule has 3 rings (SSSR count). The van der Waals surface area contributed by atoms with Crippen LogP contribution >= 0.6 is 0 Å². The summed E-state index contributed by atoms with van der Waals surface area (Å²) in [5.41, 5.74) is 0.798. The molecule has 4 amide bonds. The van der Waals surface area contributed by atoms with E-state index >= 15 is 0 Å². The minimum atomic E-state index is -1.02. The van der Waals surface area contributed by atoms with Crippen molar-refractivity contribution in [1.82, 2.24) is 10.2 Å². The molecule has 1 aromatic rings. The van der Waals surface area contributed by atoms with E-state index in [1.807, 2.05) is 24.3 Å². The van der Waals surface area contributed by atoms with Gasteiger partial charge in [0.2, 0.25) is 5.91 Å². The van der Waals surface area contributed by atoms with E-state index in [0.717, 1.165) is 11.3 Å². The predicted octanol–water partition coefficient (Wildman–Crippen LogP) is 1.58. The lowest BCUT2D eigenvalue weighted by Crippen LogP contribution is -2.59. The molecule has 1 heterocycles. The predicted molar refractivity (Wildman–Crippen MR) is 92.0 cm³/mol. The summed E-state index contributed by atoms with van der Waals surface area (Å²) < 4.78 is 0. The zero-order valence-electron chi connectivity index (χ0n) is 14.4. The molecule has 134 valence electrons. The van der Waals surface area contributed by atoms with Crippen LogP contribution in [-0.2, 0) is 9.59 Å². The molecular formula is C18H23N3O4. The number of rotatable bonds is 5. The van der Waals surface area contributed by atoms with Crippen molar-refractivity contribution in [2.75, 3.05) is 11.9 Å². The SMILES string of the molecule is CCC(C)c1ccc(NC(=O)CN2C(=O)NC3(CC(O)C3)C2=O)cc1. The van der Waals surface area contributed by atoms with Crippen molar-refractivity contribution < 1.29 is 19.5 Å². The second-order valence-electron chi connectivity index (χ2n) is 6.95. The third-order valence-electron chi connectivity index (χ3n) is 5.09. The first-order valence-corrected chi connectivity index (χ1v) is 8.56. The molecule has 0 radical (unpaired) electrons. The Hall–Kier alpha value is -2.41. The number of imide groups is 1. The van der Waals surface area contributed by atoms with Gasteiger partial charge in [-0.15, -0.1) is 0 Å². The van der Waals surface area contributed by atoms with Crippen molar-refractivity contribution in [1.29, 1.82) is 0 Å². The number of urea groups is 1. The third kappa shape index (κ3) is 3.24. The van der Waals surface area contributed by atoms with Crippen molar-refractivity contribution in [3.8, 4) is 0 Å². The van der Waals surface area contributed by atoms with Gasteiger partial charge in [-0.2, -0.15) is 0 Å². The normalized spacial score (nSPS) is 26.4. The van der Waals surface area contributed by atoms with Gasteiger partial charge < -0.3 is 15.7 Å². The summed E-state index contributed by atoms with van der Waals surface area (Å²) >= 11 is 0. The molecule has 1 saturated heterocycles. The van der Waals surface area contributed by atoms with Crippen molar-refractivity contribution in [3.63, 3.8) is 0 Å². The molecule has 1 aromatic carbocycles. The standard InChI is InChI=1S/C18H23N3O4/c1-3-11(2)12-4-6-13(7-5-12)19-15(23)10-21-16(24)18(20-17(21)25)8-14(22)9-18/h4-7,11,14,22H,3,8-10H2,1-2H3,(H,19,23)(H,20,25). The minimum Gasteiger partial charge on any atom is -0.393 e. The average molecular weight is 345 g/mol. The summed E-state index contributed by atoms with van der Waals surface area (Å²) in [6.45, 7) is 3.92. The quantitative estimate of drug-likeness (QED) is 0.706. The first kappa shape index (κ1) is 17.4.